The summed E-state index contributed by atoms with van der Waals surface area (Å²) in [5.41, 5.74) is 0. The molecule has 0 amide bonds. The number of thiophene rings is 2. The van der Waals surface area contributed by atoms with E-state index < -0.39 is 10.8 Å². The minimum absolute atomic E-state index is 0.662. The van der Waals surface area contributed by atoms with Gasteiger partial charge in [0.25, 0.3) is 0 Å². The summed E-state index contributed by atoms with van der Waals surface area (Å²) in [4.78, 5) is 3.50. The van der Waals surface area contributed by atoms with Gasteiger partial charge in [0.05, 0.1) is 34.8 Å². The van der Waals surface area contributed by atoms with Crippen molar-refractivity contribution in [1.29, 1.82) is 0 Å². The molecular weight excluding hydrogens is 424 g/mol. The number of methoxy groups -OCH3 is 2. The highest BCUT2D eigenvalue weighted by molar-refractivity contribution is 9.11. The maximum atomic E-state index is 12.6. The molecule has 3 nitrogen and oxygen atoms in total. The van der Waals surface area contributed by atoms with Gasteiger partial charge in [-0.05, 0) is 31.9 Å². The Morgan fingerprint density at radius 1 is 0.944 bits per heavy atom. The number of halogens is 2. The van der Waals surface area contributed by atoms with Crippen LogP contribution in [0.1, 0.15) is 0 Å². The summed E-state index contributed by atoms with van der Waals surface area (Å²) >= 11 is 9.97. The Bertz CT molecular complexity index is 618. The Hall–Kier alpha value is 0.110. The van der Waals surface area contributed by atoms with E-state index in [-0.39, 0.29) is 0 Å². The average molecular weight is 430 g/mol. The smallest absolute Gasteiger partial charge is 0.161 e. The van der Waals surface area contributed by atoms with Gasteiger partial charge in [0.1, 0.15) is 17.4 Å². The van der Waals surface area contributed by atoms with Crippen LogP contribution in [-0.4, -0.2) is 18.4 Å². The molecule has 1 aliphatic heterocycles. The minimum Gasteiger partial charge on any atom is -0.493 e. The van der Waals surface area contributed by atoms with E-state index in [0.29, 0.717) is 11.5 Å². The van der Waals surface area contributed by atoms with Crippen molar-refractivity contribution >= 4 is 65.3 Å². The second-order valence-electron chi connectivity index (χ2n) is 3.40. The van der Waals surface area contributed by atoms with Crippen LogP contribution in [0.25, 0.3) is 9.75 Å². The van der Waals surface area contributed by atoms with Crippen LogP contribution in [0.15, 0.2) is 17.4 Å². The molecule has 0 atom stereocenters. The zero-order valence-corrected chi connectivity index (χ0v) is 14.8. The van der Waals surface area contributed by atoms with Crippen molar-refractivity contribution in [2.45, 2.75) is 9.79 Å². The predicted octanol–water partition coefficient (Wildman–Crippen LogP) is 4.50. The molecule has 0 fully saturated rings. The van der Waals surface area contributed by atoms with Crippen LogP contribution < -0.4 is 9.47 Å². The van der Waals surface area contributed by atoms with Crippen LogP contribution in [-0.2, 0) is 10.8 Å². The summed E-state index contributed by atoms with van der Waals surface area (Å²) in [5.74, 6) is 1.32. The molecule has 3 heterocycles. The Balaban J connectivity index is 2.33. The van der Waals surface area contributed by atoms with E-state index in [2.05, 4.69) is 31.9 Å². The third kappa shape index (κ3) is 1.59. The van der Waals surface area contributed by atoms with Crippen molar-refractivity contribution in [1.82, 2.24) is 0 Å². The highest BCUT2D eigenvalue weighted by atomic mass is 79.9. The minimum atomic E-state index is -1.24. The first-order chi connectivity index (χ1) is 8.60. The SMILES string of the molecule is COc1c(Br)sc2c1S(=O)c1c-2sc(Br)c1OC. The first kappa shape index (κ1) is 13.1. The fourth-order valence-electron chi connectivity index (χ4n) is 1.83. The lowest BCUT2D eigenvalue weighted by Gasteiger charge is -2.02. The van der Waals surface area contributed by atoms with Gasteiger partial charge in [-0.3, -0.25) is 0 Å². The summed E-state index contributed by atoms with van der Waals surface area (Å²) < 4.78 is 25.0. The van der Waals surface area contributed by atoms with Crippen molar-refractivity contribution in [2.24, 2.45) is 0 Å². The molecule has 1 aliphatic rings. The van der Waals surface area contributed by atoms with Crippen LogP contribution in [0, 0.1) is 0 Å². The topological polar surface area (TPSA) is 35.5 Å². The van der Waals surface area contributed by atoms with E-state index in [4.69, 9.17) is 9.47 Å². The summed E-state index contributed by atoms with van der Waals surface area (Å²) in [5, 5.41) is 0. The van der Waals surface area contributed by atoms with Crippen molar-refractivity contribution in [3.05, 3.63) is 7.57 Å². The number of hydrogen-bond donors (Lipinski definition) is 0. The van der Waals surface area contributed by atoms with Gasteiger partial charge < -0.3 is 9.47 Å². The van der Waals surface area contributed by atoms with E-state index in [1.54, 1.807) is 14.2 Å². The van der Waals surface area contributed by atoms with E-state index in [1.165, 1.54) is 22.7 Å². The highest BCUT2D eigenvalue weighted by Gasteiger charge is 2.38. The quantitative estimate of drug-likeness (QED) is 0.601. The van der Waals surface area contributed by atoms with Crippen LogP contribution in [0.4, 0.5) is 0 Å². The first-order valence-electron chi connectivity index (χ1n) is 4.74. The molecule has 0 aromatic carbocycles. The zero-order chi connectivity index (χ0) is 13.0. The fourth-order valence-corrected chi connectivity index (χ4v) is 8.13. The summed E-state index contributed by atoms with van der Waals surface area (Å²) in [7, 11) is 1.93. The Morgan fingerprint density at radius 3 is 1.67 bits per heavy atom. The van der Waals surface area contributed by atoms with Crippen LogP contribution in [0.5, 0.6) is 11.5 Å². The Morgan fingerprint density at radius 2 is 1.33 bits per heavy atom. The largest absolute Gasteiger partial charge is 0.493 e. The molecule has 0 bridgehead atoms. The van der Waals surface area contributed by atoms with E-state index in [1.807, 2.05) is 0 Å². The molecular formula is C10H6Br2O3S3. The molecule has 0 spiro atoms. The lowest BCUT2D eigenvalue weighted by molar-refractivity contribution is 0.402. The van der Waals surface area contributed by atoms with Crippen molar-refractivity contribution < 1.29 is 13.7 Å². The van der Waals surface area contributed by atoms with Gasteiger partial charge in [0.15, 0.2) is 11.5 Å². The lowest BCUT2D eigenvalue weighted by atomic mass is 10.4. The first-order valence-corrected chi connectivity index (χ1v) is 9.11. The monoisotopic (exact) mass is 428 g/mol. The number of rotatable bonds is 2. The van der Waals surface area contributed by atoms with Gasteiger partial charge in [0.2, 0.25) is 0 Å². The molecule has 0 N–H and O–H groups in total. The zero-order valence-electron chi connectivity index (χ0n) is 9.21. The highest BCUT2D eigenvalue weighted by Crippen LogP contribution is 2.60. The van der Waals surface area contributed by atoms with Gasteiger partial charge in [-0.1, -0.05) is 0 Å². The van der Waals surface area contributed by atoms with E-state index in [9.17, 15) is 4.21 Å². The molecule has 18 heavy (non-hydrogen) atoms. The average Bonchev–Trinajstić information content (AvgIpc) is 2.91. The third-order valence-electron chi connectivity index (χ3n) is 2.55. The van der Waals surface area contributed by atoms with Gasteiger partial charge in [-0.2, -0.15) is 0 Å². The third-order valence-corrected chi connectivity index (χ3v) is 8.10. The van der Waals surface area contributed by atoms with Gasteiger partial charge in [0, 0.05) is 0 Å². The second-order valence-corrected chi connectivity index (χ2v) is 9.43. The van der Waals surface area contributed by atoms with Gasteiger partial charge in [-0.25, -0.2) is 4.21 Å². The standard InChI is InChI=1S/C10H6Br2O3S3/c1-14-3-7-5(16-9(3)11)6-8(18(7)13)4(15-2)10(12)17-6/h1-2H3. The Kier molecular flexibility index (Phi) is 3.34. The fraction of sp³-hybridized carbons (Fsp3) is 0.200. The van der Waals surface area contributed by atoms with Crippen molar-refractivity contribution in [2.75, 3.05) is 14.2 Å². The van der Waals surface area contributed by atoms with Gasteiger partial charge >= 0.3 is 0 Å². The van der Waals surface area contributed by atoms with Crippen LogP contribution in [0.3, 0.4) is 0 Å². The molecule has 0 aliphatic carbocycles. The molecule has 3 rings (SSSR count). The van der Waals surface area contributed by atoms with E-state index in [0.717, 1.165) is 27.1 Å². The molecule has 0 saturated heterocycles. The molecule has 0 radical (unpaired) electrons. The molecule has 2 aromatic heterocycles. The van der Waals surface area contributed by atoms with Gasteiger partial charge in [-0.15, -0.1) is 22.7 Å². The van der Waals surface area contributed by atoms with Crippen molar-refractivity contribution in [3.63, 3.8) is 0 Å². The van der Waals surface area contributed by atoms with Crippen LogP contribution >= 0.6 is 54.5 Å². The lowest BCUT2D eigenvalue weighted by Crippen LogP contribution is -1.92. The number of hydrogen-bond acceptors (Lipinski definition) is 5. The maximum Gasteiger partial charge on any atom is 0.161 e. The number of ether oxygens (including phenoxy) is 2. The molecule has 8 heteroatoms. The predicted molar refractivity (Wildman–Crippen MR) is 80.8 cm³/mol. The summed E-state index contributed by atoms with van der Waals surface area (Å²) in [6.45, 7) is 0. The summed E-state index contributed by atoms with van der Waals surface area (Å²) in [6, 6.07) is 0. The number of fused-ring (bicyclic) bond motifs is 3. The summed E-state index contributed by atoms with van der Waals surface area (Å²) in [6.07, 6.45) is 0. The molecule has 96 valence electrons. The maximum absolute atomic E-state index is 12.6. The van der Waals surface area contributed by atoms with Crippen molar-refractivity contribution in [3.8, 4) is 21.3 Å². The molecule has 0 saturated carbocycles. The van der Waals surface area contributed by atoms with Crippen LogP contribution in [0.2, 0.25) is 0 Å². The second kappa shape index (κ2) is 4.59. The molecule has 2 aromatic rings. The molecule has 0 unspecified atom stereocenters. The Labute approximate surface area is 131 Å². The normalized spacial score (nSPS) is 13.6. The van der Waals surface area contributed by atoms with E-state index >= 15 is 0 Å².